The summed E-state index contributed by atoms with van der Waals surface area (Å²) in [6.07, 6.45) is 0. The molecule has 1 amide bonds. The standard InChI is InChI=1S/C19H22N2O5S/c1-19(2,3)21-27(24,25)16-10-8-15(9-11-16)20-17(22)13-6-5-7-14(12-13)18(23)26-4/h5-12,21H,1-4H3,(H,20,22). The van der Waals surface area contributed by atoms with Crippen molar-refractivity contribution in [3.05, 3.63) is 59.7 Å². The highest BCUT2D eigenvalue weighted by Gasteiger charge is 2.21. The molecule has 0 aliphatic heterocycles. The molecule has 0 bridgehead atoms. The van der Waals surface area contributed by atoms with E-state index in [0.29, 0.717) is 5.69 Å². The second kappa shape index (κ2) is 7.89. The Bertz CT molecular complexity index is 945. The van der Waals surface area contributed by atoms with E-state index < -0.39 is 27.4 Å². The van der Waals surface area contributed by atoms with Gasteiger partial charge in [0.25, 0.3) is 5.91 Å². The van der Waals surface area contributed by atoms with Gasteiger partial charge in [0.2, 0.25) is 10.0 Å². The van der Waals surface area contributed by atoms with Crippen LogP contribution < -0.4 is 10.0 Å². The van der Waals surface area contributed by atoms with Crippen molar-refractivity contribution in [3.63, 3.8) is 0 Å². The Morgan fingerprint density at radius 2 is 1.56 bits per heavy atom. The smallest absolute Gasteiger partial charge is 0.337 e. The molecule has 27 heavy (non-hydrogen) atoms. The first-order chi connectivity index (χ1) is 12.5. The lowest BCUT2D eigenvalue weighted by Crippen LogP contribution is -2.40. The molecule has 0 spiro atoms. The molecular formula is C19H22N2O5S. The Kier molecular flexibility index (Phi) is 6.02. The van der Waals surface area contributed by atoms with E-state index in [-0.39, 0.29) is 16.0 Å². The van der Waals surface area contributed by atoms with Crippen molar-refractivity contribution in [2.24, 2.45) is 0 Å². The quantitative estimate of drug-likeness (QED) is 0.765. The Balaban J connectivity index is 2.15. The van der Waals surface area contributed by atoms with E-state index in [1.807, 2.05) is 0 Å². The predicted octanol–water partition coefficient (Wildman–Crippen LogP) is 2.80. The minimum Gasteiger partial charge on any atom is -0.465 e. The molecule has 0 unspecified atom stereocenters. The zero-order chi connectivity index (χ0) is 20.2. The molecule has 8 heteroatoms. The third-order valence-corrected chi connectivity index (χ3v) is 5.18. The minimum absolute atomic E-state index is 0.100. The highest BCUT2D eigenvalue weighted by molar-refractivity contribution is 7.89. The van der Waals surface area contributed by atoms with Gasteiger partial charge in [0, 0.05) is 16.8 Å². The van der Waals surface area contributed by atoms with E-state index in [4.69, 9.17) is 0 Å². The second-order valence-corrected chi connectivity index (χ2v) is 8.59. The summed E-state index contributed by atoms with van der Waals surface area (Å²) in [6, 6.07) is 11.9. The molecule has 0 saturated heterocycles. The maximum Gasteiger partial charge on any atom is 0.337 e. The summed E-state index contributed by atoms with van der Waals surface area (Å²) in [5.74, 6) is -0.963. The highest BCUT2D eigenvalue weighted by Crippen LogP contribution is 2.17. The van der Waals surface area contributed by atoms with E-state index in [2.05, 4.69) is 14.8 Å². The van der Waals surface area contributed by atoms with Crippen molar-refractivity contribution < 1.29 is 22.7 Å². The van der Waals surface area contributed by atoms with E-state index in [9.17, 15) is 18.0 Å². The van der Waals surface area contributed by atoms with E-state index in [1.165, 1.54) is 37.4 Å². The number of esters is 1. The summed E-state index contributed by atoms with van der Waals surface area (Å²) in [5.41, 5.74) is 0.373. The van der Waals surface area contributed by atoms with Crippen LogP contribution in [0.5, 0.6) is 0 Å². The zero-order valence-corrected chi connectivity index (χ0v) is 16.4. The number of carbonyl (C=O) groups is 2. The van der Waals surface area contributed by atoms with Gasteiger partial charge in [-0.2, -0.15) is 0 Å². The number of anilines is 1. The number of ether oxygens (including phenoxy) is 1. The van der Waals surface area contributed by atoms with Crippen LogP contribution in [0.4, 0.5) is 5.69 Å². The van der Waals surface area contributed by atoms with Crippen molar-refractivity contribution in [2.45, 2.75) is 31.2 Å². The number of nitrogens with one attached hydrogen (secondary N) is 2. The molecule has 2 rings (SSSR count). The molecule has 0 heterocycles. The van der Waals surface area contributed by atoms with Gasteiger partial charge in [0.05, 0.1) is 17.6 Å². The average molecular weight is 390 g/mol. The molecule has 0 saturated carbocycles. The molecule has 0 fully saturated rings. The molecule has 2 aromatic rings. The fourth-order valence-electron chi connectivity index (χ4n) is 2.29. The summed E-state index contributed by atoms with van der Waals surface area (Å²) in [6.45, 7) is 5.25. The summed E-state index contributed by atoms with van der Waals surface area (Å²) in [7, 11) is -2.38. The molecule has 0 atom stereocenters. The number of amides is 1. The van der Waals surface area contributed by atoms with E-state index in [0.717, 1.165) is 0 Å². The Morgan fingerprint density at radius 3 is 2.11 bits per heavy atom. The van der Waals surface area contributed by atoms with Crippen LogP contribution in [-0.2, 0) is 14.8 Å². The van der Waals surface area contributed by atoms with Gasteiger partial charge < -0.3 is 10.1 Å². The van der Waals surface area contributed by atoms with Gasteiger partial charge in [0.1, 0.15) is 0 Å². The van der Waals surface area contributed by atoms with Gasteiger partial charge in [-0.3, -0.25) is 4.79 Å². The van der Waals surface area contributed by atoms with Gasteiger partial charge >= 0.3 is 5.97 Å². The SMILES string of the molecule is COC(=O)c1cccc(C(=O)Nc2ccc(S(=O)(=O)NC(C)(C)C)cc2)c1. The number of benzene rings is 2. The van der Waals surface area contributed by atoms with Crippen LogP contribution in [0.25, 0.3) is 0 Å². The predicted molar refractivity (Wildman–Crippen MR) is 102 cm³/mol. The highest BCUT2D eigenvalue weighted by atomic mass is 32.2. The topological polar surface area (TPSA) is 102 Å². The second-order valence-electron chi connectivity index (χ2n) is 6.91. The fraction of sp³-hybridized carbons (Fsp3) is 0.263. The normalized spacial score (nSPS) is 11.7. The van der Waals surface area contributed by atoms with Crippen LogP contribution in [0.1, 0.15) is 41.5 Å². The number of hydrogen-bond acceptors (Lipinski definition) is 5. The summed E-state index contributed by atoms with van der Waals surface area (Å²) in [5, 5.41) is 2.66. The van der Waals surface area contributed by atoms with Crippen LogP contribution in [-0.4, -0.2) is 32.9 Å². The van der Waals surface area contributed by atoms with Gasteiger partial charge in [-0.1, -0.05) is 6.07 Å². The summed E-state index contributed by atoms with van der Waals surface area (Å²) in [4.78, 5) is 24.0. The molecule has 2 N–H and O–H groups in total. The van der Waals surface area contributed by atoms with Crippen molar-refractivity contribution in [2.75, 3.05) is 12.4 Å². The molecule has 0 radical (unpaired) electrons. The Labute approximate surface area is 158 Å². The van der Waals surface area contributed by atoms with Crippen molar-refractivity contribution >= 4 is 27.6 Å². The lowest BCUT2D eigenvalue weighted by atomic mass is 10.1. The lowest BCUT2D eigenvalue weighted by molar-refractivity contribution is 0.0600. The van der Waals surface area contributed by atoms with Gasteiger partial charge in [-0.05, 0) is 63.2 Å². The van der Waals surface area contributed by atoms with E-state index in [1.54, 1.807) is 39.0 Å². The molecule has 7 nitrogen and oxygen atoms in total. The number of sulfonamides is 1. The maximum absolute atomic E-state index is 12.4. The maximum atomic E-state index is 12.4. The van der Waals surface area contributed by atoms with Crippen molar-refractivity contribution in [1.29, 1.82) is 0 Å². The van der Waals surface area contributed by atoms with Gasteiger partial charge in [-0.15, -0.1) is 0 Å². The van der Waals surface area contributed by atoms with Crippen LogP contribution in [0, 0.1) is 0 Å². The van der Waals surface area contributed by atoms with Crippen LogP contribution >= 0.6 is 0 Å². The first kappa shape index (κ1) is 20.6. The number of hydrogen-bond donors (Lipinski definition) is 2. The third kappa shape index (κ3) is 5.63. The zero-order valence-electron chi connectivity index (χ0n) is 15.6. The first-order valence-corrected chi connectivity index (χ1v) is 9.64. The average Bonchev–Trinajstić information content (AvgIpc) is 2.59. The first-order valence-electron chi connectivity index (χ1n) is 8.15. The molecule has 144 valence electrons. The van der Waals surface area contributed by atoms with Gasteiger partial charge in [0.15, 0.2) is 0 Å². The molecule has 0 aliphatic rings. The lowest BCUT2D eigenvalue weighted by Gasteiger charge is -2.20. The monoisotopic (exact) mass is 390 g/mol. The van der Waals surface area contributed by atoms with Crippen LogP contribution in [0.3, 0.4) is 0 Å². The number of methoxy groups -OCH3 is 1. The summed E-state index contributed by atoms with van der Waals surface area (Å²) >= 11 is 0. The minimum atomic E-state index is -3.65. The van der Waals surface area contributed by atoms with Crippen LogP contribution in [0.2, 0.25) is 0 Å². The molecule has 2 aromatic carbocycles. The number of carbonyl (C=O) groups excluding carboxylic acids is 2. The third-order valence-electron chi connectivity index (χ3n) is 3.41. The Hall–Kier alpha value is -2.71. The summed E-state index contributed by atoms with van der Waals surface area (Å²) < 4.78 is 31.8. The molecular weight excluding hydrogens is 368 g/mol. The van der Waals surface area contributed by atoms with Crippen LogP contribution in [0.15, 0.2) is 53.4 Å². The largest absolute Gasteiger partial charge is 0.465 e. The molecule has 0 aliphatic carbocycles. The molecule has 0 aromatic heterocycles. The van der Waals surface area contributed by atoms with Gasteiger partial charge in [-0.25, -0.2) is 17.9 Å². The van der Waals surface area contributed by atoms with E-state index >= 15 is 0 Å². The number of rotatable bonds is 5. The van der Waals surface area contributed by atoms with Crippen molar-refractivity contribution in [1.82, 2.24) is 4.72 Å². The fourth-order valence-corrected chi connectivity index (χ4v) is 3.71. The Morgan fingerprint density at radius 1 is 0.963 bits per heavy atom. The van der Waals surface area contributed by atoms with Crippen molar-refractivity contribution in [3.8, 4) is 0 Å².